The number of ether oxygens (including phenoxy) is 1. The van der Waals surface area contributed by atoms with Crippen molar-refractivity contribution in [3.8, 4) is 0 Å². The number of H-pyrrole nitrogens is 1. The van der Waals surface area contributed by atoms with Gasteiger partial charge in [0.2, 0.25) is 0 Å². The summed E-state index contributed by atoms with van der Waals surface area (Å²) in [6.45, 7) is 1.95. The van der Waals surface area contributed by atoms with Crippen molar-refractivity contribution in [3.05, 3.63) is 61.7 Å². The van der Waals surface area contributed by atoms with Crippen LogP contribution in [0.5, 0.6) is 0 Å². The van der Waals surface area contributed by atoms with E-state index < -0.39 is 11.5 Å². The van der Waals surface area contributed by atoms with Crippen molar-refractivity contribution in [3.63, 3.8) is 0 Å². The molecule has 1 aromatic heterocycles. The van der Waals surface area contributed by atoms with E-state index in [1.54, 1.807) is 18.2 Å². The Bertz CT molecular complexity index is 828. The average Bonchev–Trinajstić information content (AvgIpc) is 2.64. The van der Waals surface area contributed by atoms with Gasteiger partial charge >= 0.3 is 0 Å². The van der Waals surface area contributed by atoms with Crippen LogP contribution in [0.4, 0.5) is 0 Å². The van der Waals surface area contributed by atoms with Gasteiger partial charge in [0.05, 0.1) is 0 Å². The number of nitrogens with one attached hydrogen (secondary N) is 2. The molecule has 138 valence electrons. The summed E-state index contributed by atoms with van der Waals surface area (Å²) in [7, 11) is 0. The number of carbonyl (C=O) groups excluding carboxylic acids is 1. The SMILES string of the molecule is O=C(NCC1CCOCC1)c1cnc(Cc2c(Cl)cccc2Cl)[nH]c1=O. The number of benzene rings is 1. The molecule has 1 fully saturated rings. The molecule has 1 aliphatic heterocycles. The van der Waals surface area contributed by atoms with E-state index >= 15 is 0 Å². The molecule has 0 aliphatic carbocycles. The van der Waals surface area contributed by atoms with E-state index in [-0.39, 0.29) is 12.0 Å². The molecule has 0 bridgehead atoms. The third-order valence-corrected chi connectivity index (χ3v) is 5.10. The zero-order valence-electron chi connectivity index (χ0n) is 14.1. The fourth-order valence-corrected chi connectivity index (χ4v) is 3.37. The predicted molar refractivity (Wildman–Crippen MR) is 100 cm³/mol. The fourth-order valence-electron chi connectivity index (χ4n) is 2.83. The van der Waals surface area contributed by atoms with E-state index in [9.17, 15) is 9.59 Å². The van der Waals surface area contributed by atoms with Crippen molar-refractivity contribution in [1.29, 1.82) is 0 Å². The lowest BCUT2D eigenvalue weighted by Gasteiger charge is -2.22. The highest BCUT2D eigenvalue weighted by atomic mass is 35.5. The van der Waals surface area contributed by atoms with Crippen LogP contribution in [0.3, 0.4) is 0 Å². The molecule has 6 nitrogen and oxygen atoms in total. The second-order valence-electron chi connectivity index (χ2n) is 6.22. The topological polar surface area (TPSA) is 84.1 Å². The second kappa shape index (κ2) is 8.66. The zero-order valence-corrected chi connectivity index (χ0v) is 15.6. The molecular formula is C18H19Cl2N3O3. The molecule has 2 aromatic rings. The molecule has 1 amide bonds. The Morgan fingerprint density at radius 2 is 1.96 bits per heavy atom. The molecule has 2 heterocycles. The van der Waals surface area contributed by atoms with Gasteiger partial charge in [-0.2, -0.15) is 0 Å². The van der Waals surface area contributed by atoms with Gasteiger partial charge in [0.15, 0.2) is 0 Å². The number of halogens is 2. The van der Waals surface area contributed by atoms with Gasteiger partial charge in [-0.3, -0.25) is 9.59 Å². The van der Waals surface area contributed by atoms with Crippen molar-refractivity contribution < 1.29 is 9.53 Å². The van der Waals surface area contributed by atoms with Gasteiger partial charge in [-0.15, -0.1) is 0 Å². The van der Waals surface area contributed by atoms with Crippen LogP contribution in [0.2, 0.25) is 10.0 Å². The van der Waals surface area contributed by atoms with Crippen LogP contribution < -0.4 is 10.9 Å². The van der Waals surface area contributed by atoms with Gasteiger partial charge < -0.3 is 15.0 Å². The highest BCUT2D eigenvalue weighted by Gasteiger charge is 2.17. The molecule has 26 heavy (non-hydrogen) atoms. The first-order chi connectivity index (χ1) is 12.5. The normalized spacial score (nSPS) is 15.0. The van der Waals surface area contributed by atoms with Crippen molar-refractivity contribution in [2.45, 2.75) is 19.3 Å². The van der Waals surface area contributed by atoms with Crippen LogP contribution in [-0.2, 0) is 11.2 Å². The summed E-state index contributed by atoms with van der Waals surface area (Å²) in [5, 5.41) is 3.80. The van der Waals surface area contributed by atoms with Crippen molar-refractivity contribution in [1.82, 2.24) is 15.3 Å². The van der Waals surface area contributed by atoms with E-state index in [1.807, 2.05) is 0 Å². The van der Waals surface area contributed by atoms with E-state index in [1.165, 1.54) is 6.20 Å². The lowest BCUT2D eigenvalue weighted by Crippen LogP contribution is -2.35. The maximum atomic E-state index is 12.3. The number of aromatic amines is 1. The zero-order chi connectivity index (χ0) is 18.5. The van der Waals surface area contributed by atoms with Gasteiger partial charge in [-0.25, -0.2) is 4.98 Å². The molecule has 1 aromatic carbocycles. The van der Waals surface area contributed by atoms with E-state index in [2.05, 4.69) is 15.3 Å². The second-order valence-corrected chi connectivity index (χ2v) is 7.03. The molecular weight excluding hydrogens is 377 g/mol. The van der Waals surface area contributed by atoms with Crippen molar-refractivity contribution in [2.24, 2.45) is 5.92 Å². The van der Waals surface area contributed by atoms with E-state index in [0.29, 0.717) is 47.1 Å². The number of amides is 1. The largest absolute Gasteiger partial charge is 0.381 e. The minimum Gasteiger partial charge on any atom is -0.381 e. The lowest BCUT2D eigenvalue weighted by molar-refractivity contribution is 0.0642. The maximum absolute atomic E-state index is 12.3. The third-order valence-electron chi connectivity index (χ3n) is 4.39. The number of aromatic nitrogens is 2. The Kier molecular flexibility index (Phi) is 6.29. The van der Waals surface area contributed by atoms with Crippen molar-refractivity contribution >= 4 is 29.1 Å². The van der Waals surface area contributed by atoms with Gasteiger partial charge in [0.25, 0.3) is 11.5 Å². The summed E-state index contributed by atoms with van der Waals surface area (Å²) in [4.78, 5) is 31.3. The molecule has 0 saturated carbocycles. The highest BCUT2D eigenvalue weighted by Crippen LogP contribution is 2.25. The molecule has 3 rings (SSSR count). The molecule has 1 aliphatic rings. The summed E-state index contributed by atoms with van der Waals surface area (Å²) in [6, 6.07) is 5.19. The lowest BCUT2D eigenvalue weighted by atomic mass is 10.0. The molecule has 0 radical (unpaired) electrons. The van der Waals surface area contributed by atoms with Crippen LogP contribution in [-0.4, -0.2) is 35.6 Å². The summed E-state index contributed by atoms with van der Waals surface area (Å²) in [5.74, 6) is 0.347. The monoisotopic (exact) mass is 395 g/mol. The van der Waals surface area contributed by atoms with Crippen LogP contribution >= 0.6 is 23.2 Å². The van der Waals surface area contributed by atoms with Crippen LogP contribution in [0.25, 0.3) is 0 Å². The van der Waals surface area contributed by atoms with Crippen LogP contribution in [0.15, 0.2) is 29.2 Å². The molecule has 2 N–H and O–H groups in total. The Morgan fingerprint density at radius 3 is 2.62 bits per heavy atom. The number of hydrogen-bond acceptors (Lipinski definition) is 4. The fraction of sp³-hybridized carbons (Fsp3) is 0.389. The average molecular weight is 396 g/mol. The molecule has 0 spiro atoms. The standard InChI is InChI=1S/C18H19Cl2N3O3/c19-14-2-1-3-15(20)12(14)8-16-21-10-13(18(25)23-16)17(24)22-9-11-4-6-26-7-5-11/h1-3,10-11H,4-9H2,(H,22,24)(H,21,23,25). The summed E-state index contributed by atoms with van der Waals surface area (Å²) >= 11 is 12.3. The first-order valence-electron chi connectivity index (χ1n) is 8.41. The Labute approximate surface area is 160 Å². The molecule has 0 unspecified atom stereocenters. The van der Waals surface area contributed by atoms with E-state index in [4.69, 9.17) is 27.9 Å². The van der Waals surface area contributed by atoms with Crippen molar-refractivity contribution in [2.75, 3.05) is 19.8 Å². The highest BCUT2D eigenvalue weighted by molar-refractivity contribution is 6.36. The number of carbonyl (C=O) groups is 1. The first-order valence-corrected chi connectivity index (χ1v) is 9.17. The molecule has 0 atom stereocenters. The Balaban J connectivity index is 1.67. The predicted octanol–water partition coefficient (Wildman–Crippen LogP) is 2.82. The van der Waals surface area contributed by atoms with Gasteiger partial charge in [-0.1, -0.05) is 29.3 Å². The minimum absolute atomic E-state index is 0.00827. The number of nitrogens with zero attached hydrogens (tertiary/aromatic N) is 1. The van der Waals surface area contributed by atoms with Crippen LogP contribution in [0, 0.1) is 5.92 Å². The van der Waals surface area contributed by atoms with Gasteiger partial charge in [-0.05, 0) is 36.5 Å². The Hall–Kier alpha value is -1.89. The van der Waals surface area contributed by atoms with Gasteiger partial charge in [0.1, 0.15) is 11.4 Å². The quantitative estimate of drug-likeness (QED) is 0.814. The first kappa shape index (κ1) is 18.9. The Morgan fingerprint density at radius 1 is 1.27 bits per heavy atom. The summed E-state index contributed by atoms with van der Waals surface area (Å²) in [5.41, 5.74) is 0.185. The molecule has 1 saturated heterocycles. The van der Waals surface area contributed by atoms with Gasteiger partial charge in [0, 0.05) is 42.4 Å². The summed E-state index contributed by atoms with van der Waals surface area (Å²) < 4.78 is 5.29. The summed E-state index contributed by atoms with van der Waals surface area (Å²) in [6.07, 6.45) is 3.38. The van der Waals surface area contributed by atoms with Crippen LogP contribution in [0.1, 0.15) is 34.6 Å². The molecule has 8 heteroatoms. The number of hydrogen-bond donors (Lipinski definition) is 2. The van der Waals surface area contributed by atoms with E-state index in [0.717, 1.165) is 12.8 Å². The maximum Gasteiger partial charge on any atom is 0.263 e. The minimum atomic E-state index is -0.484. The number of rotatable bonds is 5. The third kappa shape index (κ3) is 4.63. The smallest absolute Gasteiger partial charge is 0.263 e.